The first kappa shape index (κ1) is 15.8. The van der Waals surface area contributed by atoms with E-state index < -0.39 is 0 Å². The molecule has 0 fully saturated rings. The van der Waals surface area contributed by atoms with Crippen LogP contribution in [0.3, 0.4) is 0 Å². The maximum Gasteiger partial charge on any atom is 0.270 e. The van der Waals surface area contributed by atoms with Crippen LogP contribution in [0.15, 0.2) is 41.1 Å². The fourth-order valence-electron chi connectivity index (χ4n) is 1.78. The molecule has 0 aliphatic carbocycles. The molecule has 2 aromatic rings. The van der Waals surface area contributed by atoms with Crippen molar-refractivity contribution < 1.29 is 14.0 Å². The molecule has 2 rings (SSSR count). The summed E-state index contributed by atoms with van der Waals surface area (Å²) in [6.45, 7) is 5.93. The lowest BCUT2D eigenvalue weighted by Crippen LogP contribution is -2.41. The van der Waals surface area contributed by atoms with Gasteiger partial charge in [-0.3, -0.25) is 14.6 Å². The van der Waals surface area contributed by atoms with Crippen LogP contribution >= 0.6 is 0 Å². The van der Waals surface area contributed by atoms with E-state index in [1.807, 2.05) is 20.8 Å². The molecule has 22 heavy (non-hydrogen) atoms. The smallest absolute Gasteiger partial charge is 0.270 e. The van der Waals surface area contributed by atoms with Crippen molar-refractivity contribution in [2.75, 3.05) is 0 Å². The predicted octanol–water partition coefficient (Wildman–Crippen LogP) is 2.13. The zero-order valence-corrected chi connectivity index (χ0v) is 12.8. The Balaban J connectivity index is 2.04. The van der Waals surface area contributed by atoms with Crippen LogP contribution in [-0.2, 0) is 6.54 Å². The van der Waals surface area contributed by atoms with E-state index in [1.165, 1.54) is 12.3 Å². The summed E-state index contributed by atoms with van der Waals surface area (Å²) in [4.78, 5) is 28.2. The largest absolute Gasteiger partial charge is 0.467 e. The van der Waals surface area contributed by atoms with E-state index in [-0.39, 0.29) is 29.6 Å². The summed E-state index contributed by atoms with van der Waals surface area (Å²) in [6.07, 6.45) is 2.99. The number of carbonyl (C=O) groups excluding carboxylic acids is 2. The number of rotatable bonds is 4. The molecule has 2 N–H and O–H groups in total. The van der Waals surface area contributed by atoms with Crippen LogP contribution in [0.2, 0.25) is 0 Å². The fraction of sp³-hybridized carbons (Fsp3) is 0.312. The number of furan rings is 1. The van der Waals surface area contributed by atoms with Gasteiger partial charge in [0, 0.05) is 17.3 Å². The van der Waals surface area contributed by atoms with Gasteiger partial charge in [0.2, 0.25) is 0 Å². The molecule has 6 heteroatoms. The van der Waals surface area contributed by atoms with Crippen molar-refractivity contribution in [3.8, 4) is 0 Å². The molecule has 116 valence electrons. The van der Waals surface area contributed by atoms with Crippen molar-refractivity contribution >= 4 is 11.8 Å². The Labute approximate surface area is 128 Å². The lowest BCUT2D eigenvalue weighted by molar-refractivity contribution is 0.0914. The standard InChI is InChI=1S/C16H19N3O3/c1-16(2,3)19-15(21)13-9-11(6-7-17-13)14(20)18-10-12-5-4-8-22-12/h4-9H,10H2,1-3H3,(H,18,20)(H,19,21). The van der Waals surface area contributed by atoms with Crippen LogP contribution in [0.4, 0.5) is 0 Å². The second kappa shape index (κ2) is 6.43. The minimum absolute atomic E-state index is 0.209. The first-order chi connectivity index (χ1) is 10.3. The van der Waals surface area contributed by atoms with Crippen molar-refractivity contribution in [1.29, 1.82) is 0 Å². The fourth-order valence-corrected chi connectivity index (χ4v) is 1.78. The van der Waals surface area contributed by atoms with E-state index in [9.17, 15) is 9.59 Å². The number of nitrogens with one attached hydrogen (secondary N) is 2. The Morgan fingerprint density at radius 1 is 1.23 bits per heavy atom. The second-order valence-corrected chi connectivity index (χ2v) is 5.90. The van der Waals surface area contributed by atoms with E-state index in [1.54, 1.807) is 24.5 Å². The van der Waals surface area contributed by atoms with Gasteiger partial charge in [-0.1, -0.05) is 0 Å². The van der Waals surface area contributed by atoms with Gasteiger partial charge in [-0.15, -0.1) is 0 Å². The van der Waals surface area contributed by atoms with Crippen molar-refractivity contribution in [2.45, 2.75) is 32.9 Å². The topological polar surface area (TPSA) is 84.2 Å². The van der Waals surface area contributed by atoms with Gasteiger partial charge < -0.3 is 15.1 Å². The molecule has 0 unspecified atom stereocenters. The first-order valence-corrected chi connectivity index (χ1v) is 6.94. The Morgan fingerprint density at radius 3 is 2.64 bits per heavy atom. The third-order valence-electron chi connectivity index (χ3n) is 2.75. The van der Waals surface area contributed by atoms with Gasteiger partial charge in [-0.25, -0.2) is 0 Å². The number of hydrogen-bond donors (Lipinski definition) is 2. The molecule has 0 atom stereocenters. The zero-order chi connectivity index (χ0) is 16.2. The van der Waals surface area contributed by atoms with Crippen LogP contribution in [-0.4, -0.2) is 22.3 Å². The molecule has 2 heterocycles. The Morgan fingerprint density at radius 2 is 2.00 bits per heavy atom. The molecule has 0 radical (unpaired) electrons. The third kappa shape index (κ3) is 4.44. The number of pyridine rings is 1. The van der Waals surface area contributed by atoms with Crippen LogP contribution < -0.4 is 10.6 Å². The van der Waals surface area contributed by atoms with Crippen LogP contribution in [0.1, 0.15) is 47.4 Å². The average Bonchev–Trinajstić information content (AvgIpc) is 2.96. The minimum Gasteiger partial charge on any atom is -0.467 e. The highest BCUT2D eigenvalue weighted by Crippen LogP contribution is 2.06. The van der Waals surface area contributed by atoms with E-state index in [2.05, 4.69) is 15.6 Å². The summed E-state index contributed by atoms with van der Waals surface area (Å²) >= 11 is 0. The number of amides is 2. The van der Waals surface area contributed by atoms with Gasteiger partial charge in [0.1, 0.15) is 11.5 Å². The molecular weight excluding hydrogens is 282 g/mol. The molecule has 6 nitrogen and oxygen atoms in total. The van der Waals surface area contributed by atoms with Crippen molar-refractivity contribution in [3.63, 3.8) is 0 Å². The van der Waals surface area contributed by atoms with Crippen LogP contribution in [0.25, 0.3) is 0 Å². The first-order valence-electron chi connectivity index (χ1n) is 6.94. The summed E-state index contributed by atoms with van der Waals surface area (Å²) in [6, 6.07) is 6.56. The van der Waals surface area contributed by atoms with Gasteiger partial charge in [0.05, 0.1) is 12.8 Å². The lowest BCUT2D eigenvalue weighted by Gasteiger charge is -2.20. The molecule has 0 aromatic carbocycles. The normalized spacial score (nSPS) is 11.0. The van der Waals surface area contributed by atoms with Gasteiger partial charge in [-0.05, 0) is 45.0 Å². The third-order valence-corrected chi connectivity index (χ3v) is 2.75. The highest BCUT2D eigenvalue weighted by molar-refractivity contribution is 5.98. The summed E-state index contributed by atoms with van der Waals surface area (Å²) in [5.41, 5.74) is 0.220. The zero-order valence-electron chi connectivity index (χ0n) is 12.8. The van der Waals surface area contributed by atoms with Gasteiger partial charge in [-0.2, -0.15) is 0 Å². The lowest BCUT2D eigenvalue weighted by atomic mass is 10.1. The molecule has 2 aromatic heterocycles. The van der Waals surface area contributed by atoms with Crippen molar-refractivity contribution in [2.24, 2.45) is 0 Å². The summed E-state index contributed by atoms with van der Waals surface area (Å²) in [7, 11) is 0. The molecule has 0 aliphatic rings. The molecule has 0 saturated heterocycles. The number of carbonyl (C=O) groups is 2. The van der Waals surface area contributed by atoms with E-state index in [4.69, 9.17) is 4.42 Å². The number of aromatic nitrogens is 1. The second-order valence-electron chi connectivity index (χ2n) is 5.90. The molecule has 2 amide bonds. The maximum absolute atomic E-state index is 12.1. The van der Waals surface area contributed by atoms with E-state index in [0.29, 0.717) is 11.3 Å². The van der Waals surface area contributed by atoms with Crippen molar-refractivity contribution in [1.82, 2.24) is 15.6 Å². The van der Waals surface area contributed by atoms with Crippen LogP contribution in [0, 0.1) is 0 Å². The molecule has 0 bridgehead atoms. The molecule has 0 saturated carbocycles. The number of nitrogens with zero attached hydrogens (tertiary/aromatic N) is 1. The SMILES string of the molecule is CC(C)(C)NC(=O)c1cc(C(=O)NCc2ccco2)ccn1. The highest BCUT2D eigenvalue weighted by Gasteiger charge is 2.17. The van der Waals surface area contributed by atoms with Gasteiger partial charge >= 0.3 is 0 Å². The molecule has 0 spiro atoms. The molecule has 0 aliphatic heterocycles. The van der Waals surface area contributed by atoms with Gasteiger partial charge in [0.25, 0.3) is 11.8 Å². The van der Waals surface area contributed by atoms with Crippen LogP contribution in [0.5, 0.6) is 0 Å². The van der Waals surface area contributed by atoms with E-state index in [0.717, 1.165) is 0 Å². The summed E-state index contributed by atoms with van der Waals surface area (Å²) in [5, 5.41) is 5.53. The monoisotopic (exact) mass is 301 g/mol. The number of hydrogen-bond acceptors (Lipinski definition) is 4. The Bertz CT molecular complexity index is 658. The molecular formula is C16H19N3O3. The predicted molar refractivity (Wildman–Crippen MR) is 81.3 cm³/mol. The van der Waals surface area contributed by atoms with Gasteiger partial charge in [0.15, 0.2) is 0 Å². The average molecular weight is 301 g/mol. The summed E-state index contributed by atoms with van der Waals surface area (Å²) in [5.74, 6) is 0.0601. The minimum atomic E-state index is -0.365. The highest BCUT2D eigenvalue weighted by atomic mass is 16.3. The summed E-state index contributed by atoms with van der Waals surface area (Å²) < 4.78 is 5.15. The Hall–Kier alpha value is -2.63. The quantitative estimate of drug-likeness (QED) is 0.906. The van der Waals surface area contributed by atoms with Crippen molar-refractivity contribution in [3.05, 3.63) is 53.7 Å². The maximum atomic E-state index is 12.1. The van der Waals surface area contributed by atoms with E-state index >= 15 is 0 Å². The Kier molecular flexibility index (Phi) is 4.60.